The minimum atomic E-state index is -0.568. The summed E-state index contributed by atoms with van der Waals surface area (Å²) in [7, 11) is 0. The summed E-state index contributed by atoms with van der Waals surface area (Å²) in [6.45, 7) is -0.143. The van der Waals surface area contributed by atoms with E-state index >= 15 is 0 Å². The Kier molecular flexibility index (Phi) is 5.48. The average molecular weight is 256 g/mol. The molecule has 0 saturated carbocycles. The number of thioether (sulfide) groups is 1. The van der Waals surface area contributed by atoms with E-state index in [4.69, 9.17) is 5.73 Å². The molecule has 0 atom stereocenters. The number of nitrogens with two attached hydrogens (primary N) is 1. The molecule has 0 radical (unpaired) electrons. The fourth-order valence-electron chi connectivity index (χ4n) is 1.08. The maximum atomic E-state index is 12.6. The molecule has 1 aromatic carbocycles. The molecule has 1 aromatic rings. The zero-order chi connectivity index (χ0) is 12.7. The first-order valence-electron chi connectivity index (χ1n) is 4.95. The molecule has 17 heavy (non-hydrogen) atoms. The molecule has 2 amide bonds. The lowest BCUT2D eigenvalue weighted by molar-refractivity contribution is -0.123. The molecule has 3 N–H and O–H groups in total. The van der Waals surface area contributed by atoms with Crippen LogP contribution in [0.4, 0.5) is 4.39 Å². The van der Waals surface area contributed by atoms with Crippen LogP contribution >= 0.6 is 11.8 Å². The number of rotatable bonds is 6. The van der Waals surface area contributed by atoms with Crippen LogP contribution in [-0.2, 0) is 15.3 Å². The number of amides is 2. The summed E-state index contributed by atoms with van der Waals surface area (Å²) in [6.07, 6.45) is 0. The molecule has 0 heterocycles. The smallest absolute Gasteiger partial charge is 0.236 e. The molecule has 0 aliphatic rings. The minimum absolute atomic E-state index is 0.143. The van der Waals surface area contributed by atoms with E-state index in [2.05, 4.69) is 5.32 Å². The Morgan fingerprint density at radius 2 is 1.94 bits per heavy atom. The van der Waals surface area contributed by atoms with Gasteiger partial charge in [-0.2, -0.15) is 0 Å². The maximum absolute atomic E-state index is 12.6. The molecular weight excluding hydrogens is 243 g/mol. The zero-order valence-corrected chi connectivity index (χ0v) is 9.93. The number of halogens is 1. The zero-order valence-electron chi connectivity index (χ0n) is 9.11. The van der Waals surface area contributed by atoms with Gasteiger partial charge in [0.25, 0.3) is 0 Å². The van der Waals surface area contributed by atoms with Gasteiger partial charge >= 0.3 is 0 Å². The second-order valence-corrected chi connectivity index (χ2v) is 4.35. The van der Waals surface area contributed by atoms with Gasteiger partial charge in [-0.05, 0) is 17.7 Å². The number of carbonyl (C=O) groups excluding carboxylic acids is 2. The van der Waals surface area contributed by atoms with E-state index in [0.717, 1.165) is 5.56 Å². The number of hydrogen-bond acceptors (Lipinski definition) is 3. The van der Waals surface area contributed by atoms with Crippen LogP contribution in [0.3, 0.4) is 0 Å². The molecule has 4 nitrogen and oxygen atoms in total. The van der Waals surface area contributed by atoms with Crippen LogP contribution in [0.25, 0.3) is 0 Å². The van der Waals surface area contributed by atoms with Crippen molar-refractivity contribution in [3.05, 3.63) is 35.6 Å². The van der Waals surface area contributed by atoms with Crippen LogP contribution in [0.15, 0.2) is 24.3 Å². The molecular formula is C11H13FN2O2S. The first-order chi connectivity index (χ1) is 8.08. The van der Waals surface area contributed by atoms with Crippen molar-refractivity contribution >= 4 is 23.6 Å². The monoisotopic (exact) mass is 256 g/mol. The highest BCUT2D eigenvalue weighted by atomic mass is 32.2. The Morgan fingerprint density at radius 1 is 1.29 bits per heavy atom. The van der Waals surface area contributed by atoms with E-state index in [1.807, 2.05) is 0 Å². The van der Waals surface area contributed by atoms with E-state index in [-0.39, 0.29) is 24.0 Å². The topological polar surface area (TPSA) is 72.2 Å². The van der Waals surface area contributed by atoms with Crippen LogP contribution in [0, 0.1) is 5.82 Å². The predicted molar refractivity (Wildman–Crippen MR) is 64.8 cm³/mol. The van der Waals surface area contributed by atoms with Crippen molar-refractivity contribution in [3.8, 4) is 0 Å². The third-order valence-corrected chi connectivity index (χ3v) is 2.88. The summed E-state index contributed by atoms with van der Waals surface area (Å²) in [6, 6.07) is 6.10. The molecule has 0 aliphatic carbocycles. The number of benzene rings is 1. The van der Waals surface area contributed by atoms with Crippen molar-refractivity contribution in [1.82, 2.24) is 5.32 Å². The Morgan fingerprint density at radius 3 is 2.53 bits per heavy atom. The van der Waals surface area contributed by atoms with Gasteiger partial charge in [0.05, 0.1) is 12.3 Å². The van der Waals surface area contributed by atoms with Gasteiger partial charge in [-0.25, -0.2) is 4.39 Å². The standard InChI is InChI=1S/C11H13FN2O2S/c12-9-3-1-8(2-4-9)6-17-7-11(16)14-5-10(13)15/h1-4H,5-7H2,(H2,13,15)(H,14,16). The molecule has 0 saturated heterocycles. The van der Waals surface area contributed by atoms with Crippen molar-refractivity contribution in [1.29, 1.82) is 0 Å². The number of primary amides is 1. The Bertz CT molecular complexity index is 395. The van der Waals surface area contributed by atoms with Crippen molar-refractivity contribution in [2.75, 3.05) is 12.3 Å². The van der Waals surface area contributed by atoms with Crippen LogP contribution in [-0.4, -0.2) is 24.1 Å². The number of hydrogen-bond donors (Lipinski definition) is 2. The SMILES string of the molecule is NC(=O)CNC(=O)CSCc1ccc(F)cc1. The van der Waals surface area contributed by atoms with Gasteiger partial charge in [0.15, 0.2) is 0 Å². The van der Waals surface area contributed by atoms with Crippen LogP contribution in [0.2, 0.25) is 0 Å². The first kappa shape index (κ1) is 13.5. The molecule has 0 bridgehead atoms. The lowest BCUT2D eigenvalue weighted by Crippen LogP contribution is -2.34. The Labute approximate surface area is 103 Å². The van der Waals surface area contributed by atoms with Crippen molar-refractivity contribution < 1.29 is 14.0 Å². The predicted octanol–water partition coefficient (Wildman–Crippen LogP) is 0.660. The van der Waals surface area contributed by atoms with Crippen LogP contribution in [0.5, 0.6) is 0 Å². The highest BCUT2D eigenvalue weighted by Crippen LogP contribution is 2.12. The molecule has 0 fully saturated rings. The Balaban J connectivity index is 2.21. The Hall–Kier alpha value is -1.56. The average Bonchev–Trinajstić information content (AvgIpc) is 2.29. The fourth-order valence-corrected chi connectivity index (χ4v) is 1.90. The molecule has 0 aliphatic heterocycles. The summed E-state index contributed by atoms with van der Waals surface area (Å²) in [5.41, 5.74) is 5.82. The third kappa shape index (κ3) is 5.91. The summed E-state index contributed by atoms with van der Waals surface area (Å²) < 4.78 is 12.6. The molecule has 0 unspecified atom stereocenters. The van der Waals surface area contributed by atoms with Gasteiger partial charge < -0.3 is 11.1 Å². The second kappa shape index (κ2) is 6.90. The van der Waals surface area contributed by atoms with Gasteiger partial charge in [0, 0.05) is 5.75 Å². The summed E-state index contributed by atoms with van der Waals surface area (Å²) in [5, 5.41) is 2.38. The highest BCUT2D eigenvalue weighted by molar-refractivity contribution is 7.99. The number of nitrogens with one attached hydrogen (secondary N) is 1. The van der Waals surface area contributed by atoms with Crippen LogP contribution in [0.1, 0.15) is 5.56 Å². The van der Waals surface area contributed by atoms with Crippen molar-refractivity contribution in [3.63, 3.8) is 0 Å². The van der Waals surface area contributed by atoms with Crippen molar-refractivity contribution in [2.45, 2.75) is 5.75 Å². The third-order valence-electron chi connectivity index (χ3n) is 1.87. The molecule has 6 heteroatoms. The number of carbonyl (C=O) groups is 2. The molecule has 0 spiro atoms. The van der Waals surface area contributed by atoms with Gasteiger partial charge in [-0.15, -0.1) is 11.8 Å². The van der Waals surface area contributed by atoms with Gasteiger partial charge in [-0.1, -0.05) is 12.1 Å². The molecule has 1 rings (SSSR count). The largest absolute Gasteiger partial charge is 0.368 e. The maximum Gasteiger partial charge on any atom is 0.236 e. The summed E-state index contributed by atoms with van der Waals surface area (Å²) >= 11 is 1.39. The van der Waals surface area contributed by atoms with E-state index in [1.165, 1.54) is 23.9 Å². The van der Waals surface area contributed by atoms with Gasteiger partial charge in [-0.3, -0.25) is 9.59 Å². The van der Waals surface area contributed by atoms with Crippen LogP contribution < -0.4 is 11.1 Å². The lowest BCUT2D eigenvalue weighted by Gasteiger charge is -2.03. The van der Waals surface area contributed by atoms with E-state index in [9.17, 15) is 14.0 Å². The molecule has 92 valence electrons. The summed E-state index contributed by atoms with van der Waals surface area (Å²) in [5.74, 6) is -0.231. The minimum Gasteiger partial charge on any atom is -0.368 e. The van der Waals surface area contributed by atoms with E-state index < -0.39 is 5.91 Å². The van der Waals surface area contributed by atoms with Crippen molar-refractivity contribution in [2.24, 2.45) is 5.73 Å². The van der Waals surface area contributed by atoms with E-state index in [0.29, 0.717) is 5.75 Å². The lowest BCUT2D eigenvalue weighted by atomic mass is 10.2. The molecule has 0 aromatic heterocycles. The van der Waals surface area contributed by atoms with E-state index in [1.54, 1.807) is 12.1 Å². The normalized spacial score (nSPS) is 9.94. The fraction of sp³-hybridized carbons (Fsp3) is 0.273. The highest BCUT2D eigenvalue weighted by Gasteiger charge is 2.03. The first-order valence-corrected chi connectivity index (χ1v) is 6.10. The van der Waals surface area contributed by atoms with Gasteiger partial charge in [0.2, 0.25) is 11.8 Å². The quantitative estimate of drug-likeness (QED) is 0.785. The second-order valence-electron chi connectivity index (χ2n) is 3.36. The summed E-state index contributed by atoms with van der Waals surface area (Å²) in [4.78, 5) is 21.6. The van der Waals surface area contributed by atoms with Gasteiger partial charge in [0.1, 0.15) is 5.82 Å².